The Morgan fingerprint density at radius 3 is 2.75 bits per heavy atom. The number of urea groups is 1. The Labute approximate surface area is 141 Å². The molecule has 24 heavy (non-hydrogen) atoms. The van der Waals surface area contributed by atoms with Gasteiger partial charge in [0.2, 0.25) is 0 Å². The number of amides is 2. The van der Waals surface area contributed by atoms with E-state index in [-0.39, 0.29) is 18.2 Å². The summed E-state index contributed by atoms with van der Waals surface area (Å²) in [5.41, 5.74) is 0.730. The maximum atomic E-state index is 12.5. The molecule has 0 saturated heterocycles. The van der Waals surface area contributed by atoms with Crippen LogP contribution < -0.4 is 16.0 Å². The van der Waals surface area contributed by atoms with Gasteiger partial charge in [0.15, 0.2) is 0 Å². The molecule has 0 bridgehead atoms. The van der Waals surface area contributed by atoms with Crippen molar-refractivity contribution in [1.29, 1.82) is 0 Å². The first-order chi connectivity index (χ1) is 11.4. The quantitative estimate of drug-likeness (QED) is 0.665. The maximum Gasteiger partial charge on any atom is 0.338 e. The highest BCUT2D eigenvalue weighted by atomic mass is 16.5. The molecule has 132 valence electrons. The van der Waals surface area contributed by atoms with Crippen LogP contribution in [0.4, 0.5) is 4.79 Å². The SMILES string of the molecule is CCOC(=O)C1=C(CNC(C)(C)CC)NC(=O)N[C@H]1c1ccco1. The topological polar surface area (TPSA) is 92.6 Å². The second kappa shape index (κ2) is 7.53. The molecule has 0 fully saturated rings. The Balaban J connectivity index is 2.38. The van der Waals surface area contributed by atoms with Gasteiger partial charge in [0.25, 0.3) is 0 Å². The van der Waals surface area contributed by atoms with Crippen molar-refractivity contribution < 1.29 is 18.7 Å². The molecule has 2 heterocycles. The summed E-state index contributed by atoms with van der Waals surface area (Å²) in [6, 6.07) is 2.38. The van der Waals surface area contributed by atoms with E-state index in [1.165, 1.54) is 6.26 Å². The highest BCUT2D eigenvalue weighted by Crippen LogP contribution is 2.28. The molecule has 0 radical (unpaired) electrons. The summed E-state index contributed by atoms with van der Waals surface area (Å²) in [6.07, 6.45) is 2.41. The smallest absolute Gasteiger partial charge is 0.338 e. The Morgan fingerprint density at radius 2 is 2.17 bits per heavy atom. The van der Waals surface area contributed by atoms with Gasteiger partial charge in [0, 0.05) is 17.8 Å². The summed E-state index contributed by atoms with van der Waals surface area (Å²) < 4.78 is 10.6. The number of furan rings is 1. The first kappa shape index (κ1) is 18.1. The molecule has 0 spiro atoms. The van der Waals surface area contributed by atoms with Crippen molar-refractivity contribution in [3.63, 3.8) is 0 Å². The van der Waals surface area contributed by atoms with Crippen LogP contribution in [-0.2, 0) is 9.53 Å². The van der Waals surface area contributed by atoms with Gasteiger partial charge in [-0.3, -0.25) is 0 Å². The van der Waals surface area contributed by atoms with E-state index in [9.17, 15) is 9.59 Å². The van der Waals surface area contributed by atoms with E-state index in [0.717, 1.165) is 6.42 Å². The van der Waals surface area contributed by atoms with Crippen molar-refractivity contribution in [2.75, 3.05) is 13.2 Å². The molecule has 1 aliphatic rings. The summed E-state index contributed by atoms with van der Waals surface area (Å²) in [7, 11) is 0. The molecule has 1 aliphatic heterocycles. The number of ether oxygens (including phenoxy) is 1. The van der Waals surface area contributed by atoms with E-state index in [1.807, 2.05) is 0 Å². The highest BCUT2D eigenvalue weighted by molar-refractivity contribution is 5.95. The van der Waals surface area contributed by atoms with Gasteiger partial charge in [-0.15, -0.1) is 0 Å². The van der Waals surface area contributed by atoms with Crippen LogP contribution in [0.25, 0.3) is 0 Å². The number of hydrogen-bond donors (Lipinski definition) is 3. The Hall–Kier alpha value is -2.28. The van der Waals surface area contributed by atoms with Gasteiger partial charge < -0.3 is 25.1 Å². The molecule has 3 N–H and O–H groups in total. The van der Waals surface area contributed by atoms with E-state index >= 15 is 0 Å². The minimum atomic E-state index is -0.672. The Morgan fingerprint density at radius 1 is 1.42 bits per heavy atom. The Kier molecular flexibility index (Phi) is 5.66. The molecule has 7 heteroatoms. The first-order valence-corrected chi connectivity index (χ1v) is 8.14. The molecular weight excluding hydrogens is 310 g/mol. The van der Waals surface area contributed by atoms with Crippen molar-refractivity contribution in [2.45, 2.75) is 45.7 Å². The number of carbonyl (C=O) groups excluding carboxylic acids is 2. The summed E-state index contributed by atoms with van der Waals surface area (Å²) in [6.45, 7) is 8.53. The molecule has 7 nitrogen and oxygen atoms in total. The molecule has 2 amide bonds. The van der Waals surface area contributed by atoms with Crippen LogP contribution in [-0.4, -0.2) is 30.7 Å². The average Bonchev–Trinajstić information content (AvgIpc) is 3.07. The van der Waals surface area contributed by atoms with Crippen molar-refractivity contribution in [3.05, 3.63) is 35.4 Å². The molecule has 0 saturated carbocycles. The highest BCUT2D eigenvalue weighted by Gasteiger charge is 2.35. The number of rotatable bonds is 7. The van der Waals surface area contributed by atoms with Gasteiger partial charge in [-0.1, -0.05) is 6.92 Å². The molecule has 2 rings (SSSR count). The first-order valence-electron chi connectivity index (χ1n) is 8.14. The Bertz CT molecular complexity index is 620. The zero-order chi connectivity index (χ0) is 17.7. The van der Waals surface area contributed by atoms with Crippen molar-refractivity contribution in [3.8, 4) is 0 Å². The maximum absolute atomic E-state index is 12.5. The fraction of sp³-hybridized carbons (Fsp3) is 0.529. The summed E-state index contributed by atoms with van der Waals surface area (Å²) in [4.78, 5) is 24.5. The standard InChI is InChI=1S/C17H25N3O4/c1-5-17(3,4)18-10-11-13(15(21)23-6-2)14(20-16(22)19-11)12-8-7-9-24-12/h7-9,14,18H,5-6,10H2,1-4H3,(H2,19,20,22)/t14-/m0/s1. The van der Waals surface area contributed by atoms with Crippen LogP contribution in [0.1, 0.15) is 45.9 Å². The van der Waals surface area contributed by atoms with E-state index in [4.69, 9.17) is 9.15 Å². The van der Waals surface area contributed by atoms with Crippen LogP contribution in [0.3, 0.4) is 0 Å². The lowest BCUT2D eigenvalue weighted by molar-refractivity contribution is -0.139. The van der Waals surface area contributed by atoms with Crippen molar-refractivity contribution in [2.24, 2.45) is 0 Å². The number of esters is 1. The second-order valence-corrected chi connectivity index (χ2v) is 6.25. The molecule has 1 aromatic heterocycles. The summed E-state index contributed by atoms with van der Waals surface area (Å²) in [5, 5.41) is 8.79. The fourth-order valence-corrected chi connectivity index (χ4v) is 2.33. The molecule has 0 aromatic carbocycles. The summed E-state index contributed by atoms with van der Waals surface area (Å²) in [5.74, 6) is 0.0117. The van der Waals surface area contributed by atoms with Crippen LogP contribution in [0.2, 0.25) is 0 Å². The molecule has 1 atom stereocenters. The van der Waals surface area contributed by atoms with Gasteiger partial charge in [-0.2, -0.15) is 0 Å². The van der Waals surface area contributed by atoms with E-state index in [2.05, 4.69) is 36.7 Å². The number of nitrogens with one attached hydrogen (secondary N) is 3. The van der Waals surface area contributed by atoms with Gasteiger partial charge >= 0.3 is 12.0 Å². The third-order valence-electron chi connectivity index (χ3n) is 4.10. The van der Waals surface area contributed by atoms with Crippen molar-refractivity contribution in [1.82, 2.24) is 16.0 Å². The number of carbonyl (C=O) groups is 2. The minimum absolute atomic E-state index is 0.122. The predicted octanol–water partition coefficient (Wildman–Crippen LogP) is 2.23. The fourth-order valence-electron chi connectivity index (χ4n) is 2.33. The van der Waals surface area contributed by atoms with Gasteiger partial charge in [-0.25, -0.2) is 9.59 Å². The van der Waals surface area contributed by atoms with Gasteiger partial charge in [0.05, 0.1) is 18.4 Å². The molecule has 0 aliphatic carbocycles. The lowest BCUT2D eigenvalue weighted by atomic mass is 9.98. The zero-order valence-electron chi connectivity index (χ0n) is 14.6. The molecule has 0 unspecified atom stereocenters. The van der Waals surface area contributed by atoms with Crippen LogP contribution >= 0.6 is 0 Å². The average molecular weight is 335 g/mol. The normalized spacial score (nSPS) is 18.2. The van der Waals surface area contributed by atoms with E-state index in [0.29, 0.717) is 23.6 Å². The zero-order valence-corrected chi connectivity index (χ0v) is 14.6. The predicted molar refractivity (Wildman–Crippen MR) is 89.1 cm³/mol. The van der Waals surface area contributed by atoms with E-state index in [1.54, 1.807) is 19.1 Å². The monoisotopic (exact) mass is 335 g/mol. The van der Waals surface area contributed by atoms with E-state index < -0.39 is 12.0 Å². The molecule has 1 aromatic rings. The second-order valence-electron chi connectivity index (χ2n) is 6.25. The largest absolute Gasteiger partial charge is 0.467 e. The van der Waals surface area contributed by atoms with Crippen LogP contribution in [0.15, 0.2) is 34.1 Å². The number of hydrogen-bond acceptors (Lipinski definition) is 5. The van der Waals surface area contributed by atoms with Gasteiger partial charge in [0.1, 0.15) is 11.8 Å². The third kappa shape index (κ3) is 4.17. The minimum Gasteiger partial charge on any atom is -0.467 e. The lowest BCUT2D eigenvalue weighted by Gasteiger charge is -2.31. The van der Waals surface area contributed by atoms with Gasteiger partial charge in [-0.05, 0) is 39.3 Å². The van der Waals surface area contributed by atoms with Crippen molar-refractivity contribution >= 4 is 12.0 Å². The molecular formula is C17H25N3O4. The van der Waals surface area contributed by atoms with Crippen LogP contribution in [0.5, 0.6) is 0 Å². The van der Waals surface area contributed by atoms with Crippen LogP contribution in [0, 0.1) is 0 Å². The third-order valence-corrected chi connectivity index (χ3v) is 4.10. The summed E-state index contributed by atoms with van der Waals surface area (Å²) >= 11 is 0. The lowest BCUT2D eigenvalue weighted by Crippen LogP contribution is -2.50.